The van der Waals surface area contributed by atoms with Gasteiger partial charge in [-0.25, -0.2) is 13.6 Å². The van der Waals surface area contributed by atoms with Crippen LogP contribution >= 0.6 is 0 Å². The Morgan fingerprint density at radius 2 is 2.25 bits per heavy atom. The Kier molecular flexibility index (Phi) is 2.74. The lowest BCUT2D eigenvalue weighted by atomic mass is 10.2. The fraction of sp³-hybridized carbons (Fsp3) is 0.300. The maximum Gasteiger partial charge on any atom is 0.414 e. The lowest BCUT2D eigenvalue weighted by Crippen LogP contribution is -2.28. The molecule has 6 heteroatoms. The largest absolute Gasteiger partial charge is 0.443 e. The zero-order valence-corrected chi connectivity index (χ0v) is 8.32. The summed E-state index contributed by atoms with van der Waals surface area (Å²) in [5.41, 5.74) is 5.34. The van der Waals surface area contributed by atoms with E-state index in [9.17, 15) is 13.6 Å². The van der Waals surface area contributed by atoms with E-state index in [4.69, 9.17) is 10.5 Å². The van der Waals surface area contributed by atoms with Crippen LogP contribution in [0.2, 0.25) is 0 Å². The third-order valence-corrected chi connectivity index (χ3v) is 2.34. The molecular weight excluding hydrogens is 218 g/mol. The van der Waals surface area contributed by atoms with Crippen molar-refractivity contribution in [3.63, 3.8) is 0 Å². The number of cyclic esters (lactones) is 1. The molecule has 1 unspecified atom stereocenters. The Bertz CT molecular complexity index is 425. The zero-order valence-electron chi connectivity index (χ0n) is 8.32. The molecule has 1 amide bonds. The molecule has 2 N–H and O–H groups in total. The number of hydrogen-bond donors (Lipinski definition) is 1. The van der Waals surface area contributed by atoms with Gasteiger partial charge in [0, 0.05) is 12.6 Å². The fourth-order valence-electron chi connectivity index (χ4n) is 1.54. The highest BCUT2D eigenvalue weighted by atomic mass is 19.1. The quantitative estimate of drug-likeness (QED) is 0.828. The first kappa shape index (κ1) is 10.8. The van der Waals surface area contributed by atoms with Gasteiger partial charge in [0.15, 0.2) is 0 Å². The first-order valence-corrected chi connectivity index (χ1v) is 4.75. The number of halogens is 2. The normalized spacial score (nSPS) is 20.1. The Labute approximate surface area is 90.6 Å². The van der Waals surface area contributed by atoms with E-state index in [0.29, 0.717) is 0 Å². The predicted molar refractivity (Wildman–Crippen MR) is 53.0 cm³/mol. The van der Waals surface area contributed by atoms with Crippen LogP contribution < -0.4 is 10.6 Å². The summed E-state index contributed by atoms with van der Waals surface area (Å²) in [4.78, 5) is 12.5. The van der Waals surface area contributed by atoms with Gasteiger partial charge in [-0.15, -0.1) is 0 Å². The molecule has 0 saturated carbocycles. The van der Waals surface area contributed by atoms with Gasteiger partial charge in [0.2, 0.25) is 0 Å². The van der Waals surface area contributed by atoms with Crippen LogP contribution in [0, 0.1) is 11.6 Å². The summed E-state index contributed by atoms with van der Waals surface area (Å²) in [7, 11) is 0. The number of carbonyl (C=O) groups is 1. The summed E-state index contributed by atoms with van der Waals surface area (Å²) in [6.45, 7) is 0.350. The lowest BCUT2D eigenvalue weighted by Gasteiger charge is -2.13. The van der Waals surface area contributed by atoms with Crippen molar-refractivity contribution in [3.05, 3.63) is 29.8 Å². The minimum absolute atomic E-state index is 0.00218. The molecule has 1 atom stereocenters. The van der Waals surface area contributed by atoms with E-state index in [2.05, 4.69) is 0 Å². The second-order valence-corrected chi connectivity index (χ2v) is 3.45. The van der Waals surface area contributed by atoms with Crippen molar-refractivity contribution in [1.82, 2.24) is 0 Å². The third kappa shape index (κ3) is 1.83. The third-order valence-electron chi connectivity index (χ3n) is 2.34. The molecule has 1 heterocycles. The monoisotopic (exact) mass is 228 g/mol. The average Bonchev–Trinajstić information content (AvgIpc) is 2.60. The molecule has 16 heavy (non-hydrogen) atoms. The highest BCUT2D eigenvalue weighted by molar-refractivity contribution is 5.89. The molecule has 0 aromatic heterocycles. The summed E-state index contributed by atoms with van der Waals surface area (Å²) in [5, 5.41) is 0. The standard InChI is InChI=1S/C10H10F2N2O2/c11-6-1-2-9(8(12)3-6)14-5-7(4-13)16-10(14)15/h1-3,7H,4-5,13H2. The number of ether oxygens (including phenoxy) is 1. The molecule has 0 bridgehead atoms. The van der Waals surface area contributed by atoms with Gasteiger partial charge in [0.05, 0.1) is 12.2 Å². The van der Waals surface area contributed by atoms with E-state index in [1.165, 1.54) is 6.07 Å². The van der Waals surface area contributed by atoms with Crippen molar-refractivity contribution in [1.29, 1.82) is 0 Å². The Balaban J connectivity index is 2.28. The van der Waals surface area contributed by atoms with Crippen LogP contribution in [0.15, 0.2) is 18.2 Å². The molecule has 0 aliphatic carbocycles. The van der Waals surface area contributed by atoms with E-state index >= 15 is 0 Å². The van der Waals surface area contributed by atoms with Crippen LogP contribution in [-0.2, 0) is 4.74 Å². The van der Waals surface area contributed by atoms with Crippen molar-refractivity contribution in [3.8, 4) is 0 Å². The number of hydrogen-bond acceptors (Lipinski definition) is 3. The van der Waals surface area contributed by atoms with Gasteiger partial charge >= 0.3 is 6.09 Å². The highest BCUT2D eigenvalue weighted by Crippen LogP contribution is 2.24. The second kappa shape index (κ2) is 4.05. The Morgan fingerprint density at radius 1 is 1.50 bits per heavy atom. The summed E-state index contributed by atoms with van der Waals surface area (Å²) in [6.07, 6.45) is -1.11. The number of rotatable bonds is 2. The van der Waals surface area contributed by atoms with E-state index in [0.717, 1.165) is 17.0 Å². The molecule has 1 aliphatic heterocycles. The van der Waals surface area contributed by atoms with Crippen LogP contribution in [0.25, 0.3) is 0 Å². The summed E-state index contributed by atoms with van der Waals surface area (Å²) in [6, 6.07) is 3.00. The molecule has 4 nitrogen and oxygen atoms in total. The maximum absolute atomic E-state index is 13.4. The number of amides is 1. The van der Waals surface area contributed by atoms with Gasteiger partial charge in [0.1, 0.15) is 17.7 Å². The summed E-state index contributed by atoms with van der Waals surface area (Å²) >= 11 is 0. The molecule has 1 saturated heterocycles. The van der Waals surface area contributed by atoms with Crippen LogP contribution in [0.1, 0.15) is 0 Å². The van der Waals surface area contributed by atoms with Crippen molar-refractivity contribution < 1.29 is 18.3 Å². The SMILES string of the molecule is NCC1CN(c2ccc(F)cc2F)C(=O)O1. The number of nitrogens with zero attached hydrogens (tertiary/aromatic N) is 1. The van der Waals surface area contributed by atoms with Crippen molar-refractivity contribution in [2.45, 2.75) is 6.10 Å². The van der Waals surface area contributed by atoms with E-state index in [-0.39, 0.29) is 18.8 Å². The molecule has 1 aromatic rings. The fourth-order valence-corrected chi connectivity index (χ4v) is 1.54. The minimum atomic E-state index is -0.797. The van der Waals surface area contributed by atoms with Gasteiger partial charge in [-0.1, -0.05) is 0 Å². The molecule has 0 radical (unpaired) electrons. The maximum atomic E-state index is 13.4. The molecule has 1 aliphatic rings. The van der Waals surface area contributed by atoms with E-state index < -0.39 is 23.8 Å². The Morgan fingerprint density at radius 3 is 2.81 bits per heavy atom. The van der Waals surface area contributed by atoms with Gasteiger partial charge in [-0.05, 0) is 12.1 Å². The lowest BCUT2D eigenvalue weighted by molar-refractivity contribution is 0.145. The first-order chi connectivity index (χ1) is 7.61. The van der Waals surface area contributed by atoms with Gasteiger partial charge in [-0.2, -0.15) is 0 Å². The molecule has 1 fully saturated rings. The first-order valence-electron chi connectivity index (χ1n) is 4.75. The van der Waals surface area contributed by atoms with Crippen LogP contribution in [0.3, 0.4) is 0 Å². The van der Waals surface area contributed by atoms with Crippen molar-refractivity contribution in [2.24, 2.45) is 5.73 Å². The van der Waals surface area contributed by atoms with Crippen LogP contribution in [0.4, 0.5) is 19.3 Å². The van der Waals surface area contributed by atoms with Crippen molar-refractivity contribution >= 4 is 11.8 Å². The van der Waals surface area contributed by atoms with Crippen LogP contribution in [-0.4, -0.2) is 25.3 Å². The van der Waals surface area contributed by atoms with Gasteiger partial charge in [-0.3, -0.25) is 4.90 Å². The number of benzene rings is 1. The molecule has 1 aromatic carbocycles. The van der Waals surface area contributed by atoms with E-state index in [1.54, 1.807) is 0 Å². The average molecular weight is 228 g/mol. The smallest absolute Gasteiger partial charge is 0.414 e. The topological polar surface area (TPSA) is 55.6 Å². The predicted octanol–water partition coefficient (Wildman–Crippen LogP) is 1.25. The minimum Gasteiger partial charge on any atom is -0.443 e. The molecular formula is C10H10F2N2O2. The zero-order chi connectivity index (χ0) is 11.7. The summed E-state index contributed by atoms with van der Waals surface area (Å²) in [5.74, 6) is -1.49. The van der Waals surface area contributed by atoms with Crippen molar-refractivity contribution in [2.75, 3.05) is 18.0 Å². The Hall–Kier alpha value is -1.69. The number of nitrogens with two attached hydrogens (primary N) is 1. The molecule has 2 rings (SSSR count). The number of carbonyl (C=O) groups excluding carboxylic acids is 1. The number of anilines is 1. The summed E-state index contributed by atoms with van der Waals surface area (Å²) < 4.78 is 30.9. The second-order valence-electron chi connectivity index (χ2n) is 3.45. The van der Waals surface area contributed by atoms with E-state index in [1.807, 2.05) is 0 Å². The van der Waals surface area contributed by atoms with Gasteiger partial charge < -0.3 is 10.5 Å². The molecule has 86 valence electrons. The highest BCUT2D eigenvalue weighted by Gasteiger charge is 2.32. The molecule has 0 spiro atoms. The van der Waals surface area contributed by atoms with Gasteiger partial charge in [0.25, 0.3) is 0 Å². The van der Waals surface area contributed by atoms with Crippen LogP contribution in [0.5, 0.6) is 0 Å².